The Morgan fingerprint density at radius 3 is 2.52 bits per heavy atom. The van der Waals surface area contributed by atoms with Crippen LogP contribution >= 0.6 is 24.0 Å². The molecule has 0 saturated carbocycles. The number of benzene rings is 1. The highest BCUT2D eigenvalue weighted by Crippen LogP contribution is 2.15. The van der Waals surface area contributed by atoms with E-state index in [1.165, 1.54) is 50.2 Å². The average molecular weight is 491 g/mol. The molecule has 1 aliphatic rings. The molecule has 8 heteroatoms. The maximum Gasteiger partial charge on any atom is 0.243 e. The van der Waals surface area contributed by atoms with Crippen molar-refractivity contribution in [3.63, 3.8) is 0 Å². The van der Waals surface area contributed by atoms with E-state index in [2.05, 4.69) is 32.8 Å². The minimum Gasteiger partial charge on any atom is -0.356 e. The number of aliphatic imine (C=N–C) groups is 1. The Hall–Kier alpha value is -1.42. The summed E-state index contributed by atoms with van der Waals surface area (Å²) in [6, 6.07) is 5.68. The lowest BCUT2D eigenvalue weighted by atomic mass is 9.99. The number of halogens is 2. The SMILES string of the molecule is CN=C(NCCCN1CCC(C)CC1)NCC(=O)Nc1ccc(F)cc1.I. The van der Waals surface area contributed by atoms with Crippen LogP contribution in [0.2, 0.25) is 0 Å². The molecule has 0 unspecified atom stereocenters. The molecule has 3 N–H and O–H groups in total. The van der Waals surface area contributed by atoms with Crippen molar-refractivity contribution in [1.82, 2.24) is 15.5 Å². The Balaban J connectivity index is 0.00000364. The molecule has 1 amide bonds. The van der Waals surface area contributed by atoms with E-state index in [4.69, 9.17) is 0 Å². The zero-order chi connectivity index (χ0) is 18.8. The molecule has 1 fully saturated rings. The third-order valence-electron chi connectivity index (χ3n) is 4.59. The van der Waals surface area contributed by atoms with Gasteiger partial charge in [-0.2, -0.15) is 0 Å². The van der Waals surface area contributed by atoms with Gasteiger partial charge in [0.05, 0.1) is 6.54 Å². The van der Waals surface area contributed by atoms with Crippen molar-refractivity contribution in [2.24, 2.45) is 10.9 Å². The number of amides is 1. The van der Waals surface area contributed by atoms with E-state index in [-0.39, 0.29) is 42.2 Å². The van der Waals surface area contributed by atoms with Crippen LogP contribution in [-0.4, -0.2) is 56.5 Å². The second-order valence-corrected chi connectivity index (χ2v) is 6.79. The number of hydrogen-bond donors (Lipinski definition) is 3. The van der Waals surface area contributed by atoms with Gasteiger partial charge < -0.3 is 20.9 Å². The third-order valence-corrected chi connectivity index (χ3v) is 4.59. The Bertz CT molecular complexity index is 588. The van der Waals surface area contributed by atoms with Gasteiger partial charge in [-0.1, -0.05) is 6.92 Å². The Morgan fingerprint density at radius 1 is 1.22 bits per heavy atom. The van der Waals surface area contributed by atoms with Crippen LogP contribution in [-0.2, 0) is 4.79 Å². The standard InChI is InChI=1S/C19H30FN5O.HI/c1-15-8-12-25(13-9-15)11-3-10-22-19(21-2)23-14-18(26)24-17-6-4-16(20)5-7-17;/h4-7,15H,3,8-14H2,1-2H3,(H,24,26)(H2,21,22,23);1H. The maximum atomic E-state index is 12.9. The van der Waals surface area contributed by atoms with Gasteiger partial charge in [0.1, 0.15) is 5.82 Å². The van der Waals surface area contributed by atoms with Crippen molar-refractivity contribution in [3.8, 4) is 0 Å². The van der Waals surface area contributed by atoms with Crippen LogP contribution in [0.1, 0.15) is 26.2 Å². The van der Waals surface area contributed by atoms with Gasteiger partial charge in [-0.05, 0) is 69.1 Å². The van der Waals surface area contributed by atoms with Crippen molar-refractivity contribution in [2.75, 3.05) is 45.1 Å². The first kappa shape index (κ1) is 23.6. The summed E-state index contributed by atoms with van der Waals surface area (Å²) >= 11 is 0. The topological polar surface area (TPSA) is 68.8 Å². The number of guanidine groups is 1. The summed E-state index contributed by atoms with van der Waals surface area (Å²) in [5.41, 5.74) is 0.567. The second-order valence-electron chi connectivity index (χ2n) is 6.79. The van der Waals surface area contributed by atoms with Crippen molar-refractivity contribution < 1.29 is 9.18 Å². The van der Waals surface area contributed by atoms with E-state index in [0.29, 0.717) is 11.6 Å². The highest BCUT2D eigenvalue weighted by molar-refractivity contribution is 14.0. The fourth-order valence-corrected chi connectivity index (χ4v) is 2.92. The van der Waals surface area contributed by atoms with Gasteiger partial charge >= 0.3 is 0 Å². The minimum atomic E-state index is -0.329. The predicted molar refractivity (Wildman–Crippen MR) is 119 cm³/mol. The quantitative estimate of drug-likeness (QED) is 0.238. The van der Waals surface area contributed by atoms with Crippen LogP contribution in [0.3, 0.4) is 0 Å². The van der Waals surface area contributed by atoms with E-state index >= 15 is 0 Å². The smallest absolute Gasteiger partial charge is 0.243 e. The lowest BCUT2D eigenvalue weighted by molar-refractivity contribution is -0.115. The average Bonchev–Trinajstić information content (AvgIpc) is 2.64. The summed E-state index contributed by atoms with van der Waals surface area (Å²) in [4.78, 5) is 18.6. The number of carbonyl (C=O) groups is 1. The molecule has 1 heterocycles. The summed E-state index contributed by atoms with van der Waals surface area (Å²) in [5.74, 6) is 0.923. The fourth-order valence-electron chi connectivity index (χ4n) is 2.92. The molecule has 0 spiro atoms. The number of hydrogen-bond acceptors (Lipinski definition) is 3. The fraction of sp³-hybridized carbons (Fsp3) is 0.579. The summed E-state index contributed by atoms with van der Waals surface area (Å²) in [5, 5.41) is 8.92. The van der Waals surface area contributed by atoms with Gasteiger partial charge in [0.25, 0.3) is 0 Å². The molecule has 152 valence electrons. The van der Waals surface area contributed by atoms with Gasteiger partial charge in [-0.3, -0.25) is 9.79 Å². The van der Waals surface area contributed by atoms with Gasteiger partial charge in [-0.25, -0.2) is 4.39 Å². The Labute approximate surface area is 178 Å². The summed E-state index contributed by atoms with van der Waals surface area (Å²) in [7, 11) is 1.68. The first-order chi connectivity index (χ1) is 12.6. The first-order valence-corrected chi connectivity index (χ1v) is 9.29. The van der Waals surface area contributed by atoms with Crippen molar-refractivity contribution in [3.05, 3.63) is 30.1 Å². The Kier molecular flexibility index (Phi) is 11.3. The molecule has 0 atom stereocenters. The Morgan fingerprint density at radius 2 is 1.89 bits per heavy atom. The highest BCUT2D eigenvalue weighted by Gasteiger charge is 2.14. The van der Waals surface area contributed by atoms with E-state index in [1.807, 2.05) is 0 Å². The molecule has 0 aliphatic carbocycles. The van der Waals surface area contributed by atoms with Gasteiger partial charge in [0.2, 0.25) is 5.91 Å². The third kappa shape index (κ3) is 9.37. The monoisotopic (exact) mass is 491 g/mol. The number of anilines is 1. The van der Waals surface area contributed by atoms with E-state index in [9.17, 15) is 9.18 Å². The van der Waals surface area contributed by atoms with E-state index in [0.717, 1.165) is 25.4 Å². The normalized spacial score (nSPS) is 15.7. The van der Waals surface area contributed by atoms with E-state index in [1.54, 1.807) is 7.05 Å². The zero-order valence-electron chi connectivity index (χ0n) is 16.1. The lowest BCUT2D eigenvalue weighted by Gasteiger charge is -2.30. The van der Waals surface area contributed by atoms with Crippen molar-refractivity contribution in [2.45, 2.75) is 26.2 Å². The van der Waals surface area contributed by atoms with Crippen LogP contribution in [0.15, 0.2) is 29.3 Å². The van der Waals surface area contributed by atoms with Crippen LogP contribution in [0.4, 0.5) is 10.1 Å². The molecule has 0 bridgehead atoms. The number of nitrogens with zero attached hydrogens (tertiary/aromatic N) is 2. The molecular weight excluding hydrogens is 460 g/mol. The first-order valence-electron chi connectivity index (χ1n) is 9.29. The lowest BCUT2D eigenvalue weighted by Crippen LogP contribution is -2.42. The van der Waals surface area contributed by atoms with Crippen LogP contribution in [0, 0.1) is 11.7 Å². The minimum absolute atomic E-state index is 0. The molecule has 1 saturated heterocycles. The summed E-state index contributed by atoms with van der Waals surface area (Å²) in [6.07, 6.45) is 3.62. The highest BCUT2D eigenvalue weighted by atomic mass is 127. The molecule has 27 heavy (non-hydrogen) atoms. The number of likely N-dealkylation sites (tertiary alicyclic amines) is 1. The van der Waals surface area contributed by atoms with Gasteiger partial charge in [0, 0.05) is 19.3 Å². The zero-order valence-corrected chi connectivity index (χ0v) is 18.5. The molecule has 0 radical (unpaired) electrons. The van der Waals surface area contributed by atoms with Crippen molar-refractivity contribution in [1.29, 1.82) is 0 Å². The number of rotatable bonds is 7. The number of carbonyl (C=O) groups excluding carboxylic acids is 1. The largest absolute Gasteiger partial charge is 0.356 e. The number of piperidine rings is 1. The molecule has 1 aromatic rings. The van der Waals surface area contributed by atoms with Crippen LogP contribution < -0.4 is 16.0 Å². The maximum absolute atomic E-state index is 12.9. The summed E-state index contributed by atoms with van der Waals surface area (Å²) in [6.45, 7) is 6.70. The number of nitrogens with one attached hydrogen (secondary N) is 3. The van der Waals surface area contributed by atoms with Crippen LogP contribution in [0.25, 0.3) is 0 Å². The predicted octanol–water partition coefficient (Wildman–Crippen LogP) is 2.67. The van der Waals surface area contributed by atoms with Gasteiger partial charge in [-0.15, -0.1) is 24.0 Å². The molecule has 6 nitrogen and oxygen atoms in total. The summed E-state index contributed by atoms with van der Waals surface area (Å²) < 4.78 is 12.9. The molecule has 1 aromatic carbocycles. The molecule has 2 rings (SSSR count). The van der Waals surface area contributed by atoms with Crippen LogP contribution in [0.5, 0.6) is 0 Å². The molecule has 0 aromatic heterocycles. The molecule has 1 aliphatic heterocycles. The second kappa shape index (κ2) is 12.9. The van der Waals surface area contributed by atoms with Gasteiger partial charge in [0.15, 0.2) is 5.96 Å². The van der Waals surface area contributed by atoms with E-state index < -0.39 is 0 Å². The van der Waals surface area contributed by atoms with Crippen molar-refractivity contribution >= 4 is 41.5 Å². The molecular formula is C19H31FIN5O.